The summed E-state index contributed by atoms with van der Waals surface area (Å²) in [4.78, 5) is 0. The van der Waals surface area contributed by atoms with Gasteiger partial charge < -0.3 is 4.18 Å². The molecule has 0 N–H and O–H groups in total. The van der Waals surface area contributed by atoms with Crippen LogP contribution >= 0.6 is 0 Å². The van der Waals surface area contributed by atoms with Gasteiger partial charge in [0.25, 0.3) is 0 Å². The molecule has 0 saturated carbocycles. The molecule has 0 spiro atoms. The van der Waals surface area contributed by atoms with Crippen LogP contribution in [0.2, 0.25) is 0 Å². The maximum absolute atomic E-state index is 12.0. The molecular formula is C12H16N4O3S. The van der Waals surface area contributed by atoms with Crippen LogP contribution in [0.1, 0.15) is 26.7 Å². The summed E-state index contributed by atoms with van der Waals surface area (Å²) in [5.41, 5.74) is 0.630. The first-order valence-corrected chi connectivity index (χ1v) is 7.77. The largest absolute Gasteiger partial charge is 0.382 e. The third-order valence-corrected chi connectivity index (χ3v) is 4.48. The summed E-state index contributed by atoms with van der Waals surface area (Å²) in [5, 5.41) is 10.3. The molecule has 0 saturated heterocycles. The van der Waals surface area contributed by atoms with Crippen molar-refractivity contribution in [1.82, 2.24) is 20.2 Å². The molecule has 0 aliphatic heterocycles. The Morgan fingerprint density at radius 1 is 1.40 bits per heavy atom. The van der Waals surface area contributed by atoms with Gasteiger partial charge in [0.15, 0.2) is 0 Å². The Kier molecular flexibility index (Phi) is 4.33. The van der Waals surface area contributed by atoms with E-state index in [1.807, 2.05) is 6.92 Å². The molecule has 0 unspecified atom stereocenters. The summed E-state index contributed by atoms with van der Waals surface area (Å²) in [5.74, 6) is 0.251. The average molecular weight is 296 g/mol. The lowest BCUT2D eigenvalue weighted by molar-refractivity contribution is 0.469. The predicted molar refractivity (Wildman–Crippen MR) is 73.1 cm³/mol. The van der Waals surface area contributed by atoms with Crippen LogP contribution in [-0.2, 0) is 10.1 Å². The second kappa shape index (κ2) is 6.00. The van der Waals surface area contributed by atoms with E-state index in [4.69, 9.17) is 4.18 Å². The standard InChI is InChI=1S/C12H16N4O3S/c1-3-5-10(2)20(17,18)19-12-7-4-6-11(8-12)16-9-13-14-15-16/h4,6-10H,3,5H2,1-2H3/t10-/m0/s1. The number of rotatable bonds is 6. The van der Waals surface area contributed by atoms with E-state index in [2.05, 4.69) is 15.5 Å². The van der Waals surface area contributed by atoms with Gasteiger partial charge >= 0.3 is 10.1 Å². The fourth-order valence-electron chi connectivity index (χ4n) is 1.72. The Balaban J connectivity index is 2.20. The molecule has 7 nitrogen and oxygen atoms in total. The Morgan fingerprint density at radius 3 is 2.85 bits per heavy atom. The molecule has 0 amide bonds. The van der Waals surface area contributed by atoms with Gasteiger partial charge in [-0.25, -0.2) is 4.68 Å². The van der Waals surface area contributed by atoms with Gasteiger partial charge in [-0.05, 0) is 35.9 Å². The second-order valence-electron chi connectivity index (χ2n) is 4.43. The average Bonchev–Trinajstić information content (AvgIpc) is 2.92. The minimum Gasteiger partial charge on any atom is -0.382 e. The molecule has 8 heteroatoms. The lowest BCUT2D eigenvalue weighted by atomic mass is 10.3. The fraction of sp³-hybridized carbons (Fsp3) is 0.417. The van der Waals surface area contributed by atoms with Crippen LogP contribution in [0.4, 0.5) is 0 Å². The van der Waals surface area contributed by atoms with Crippen molar-refractivity contribution in [2.75, 3.05) is 0 Å². The highest BCUT2D eigenvalue weighted by Crippen LogP contribution is 2.20. The number of benzene rings is 1. The molecule has 0 fully saturated rings. The van der Waals surface area contributed by atoms with E-state index in [0.717, 1.165) is 6.42 Å². The first-order valence-electron chi connectivity index (χ1n) is 6.29. The van der Waals surface area contributed by atoms with Gasteiger partial charge in [-0.1, -0.05) is 19.4 Å². The summed E-state index contributed by atoms with van der Waals surface area (Å²) in [6.45, 7) is 3.58. The Hall–Kier alpha value is -1.96. The van der Waals surface area contributed by atoms with Gasteiger partial charge in [-0.3, -0.25) is 0 Å². The lowest BCUT2D eigenvalue weighted by Crippen LogP contribution is -2.23. The topological polar surface area (TPSA) is 87.0 Å². The Labute approximate surface area is 117 Å². The molecule has 1 atom stereocenters. The van der Waals surface area contributed by atoms with Crippen molar-refractivity contribution in [2.45, 2.75) is 31.9 Å². The molecule has 2 rings (SSSR count). The second-order valence-corrected chi connectivity index (χ2v) is 6.38. The van der Waals surface area contributed by atoms with E-state index in [0.29, 0.717) is 12.1 Å². The van der Waals surface area contributed by atoms with Crippen LogP contribution in [0.15, 0.2) is 30.6 Å². The summed E-state index contributed by atoms with van der Waals surface area (Å²) in [6.07, 6.45) is 2.77. The molecule has 1 aromatic carbocycles. The van der Waals surface area contributed by atoms with Crippen molar-refractivity contribution >= 4 is 10.1 Å². The molecule has 0 radical (unpaired) electrons. The summed E-state index contributed by atoms with van der Waals surface area (Å²) in [7, 11) is -3.62. The highest BCUT2D eigenvalue weighted by molar-refractivity contribution is 7.87. The fourth-order valence-corrected chi connectivity index (χ4v) is 2.79. The van der Waals surface area contributed by atoms with Gasteiger partial charge in [0.05, 0.1) is 10.9 Å². The van der Waals surface area contributed by atoms with Crippen LogP contribution in [0, 0.1) is 0 Å². The minimum absolute atomic E-state index is 0.251. The summed E-state index contributed by atoms with van der Waals surface area (Å²) in [6, 6.07) is 6.61. The van der Waals surface area contributed by atoms with Crippen LogP contribution in [-0.4, -0.2) is 33.9 Å². The maximum Gasteiger partial charge on any atom is 0.311 e. The zero-order chi connectivity index (χ0) is 14.6. The number of tetrazole rings is 1. The van der Waals surface area contributed by atoms with Crippen LogP contribution in [0.3, 0.4) is 0 Å². The SMILES string of the molecule is CCC[C@H](C)S(=O)(=O)Oc1cccc(-n2cnnn2)c1. The van der Waals surface area contributed by atoms with Gasteiger partial charge in [-0.2, -0.15) is 8.42 Å². The van der Waals surface area contributed by atoms with E-state index in [1.165, 1.54) is 11.0 Å². The van der Waals surface area contributed by atoms with Gasteiger partial charge in [0, 0.05) is 6.07 Å². The summed E-state index contributed by atoms with van der Waals surface area (Å²) < 4.78 is 30.6. The zero-order valence-corrected chi connectivity index (χ0v) is 12.1. The van der Waals surface area contributed by atoms with E-state index >= 15 is 0 Å². The molecule has 0 aliphatic carbocycles. The minimum atomic E-state index is -3.62. The Morgan fingerprint density at radius 2 is 2.20 bits per heavy atom. The van der Waals surface area contributed by atoms with Crippen molar-refractivity contribution < 1.29 is 12.6 Å². The van der Waals surface area contributed by atoms with E-state index in [9.17, 15) is 8.42 Å². The van der Waals surface area contributed by atoms with Crippen molar-refractivity contribution in [3.63, 3.8) is 0 Å². The zero-order valence-electron chi connectivity index (χ0n) is 11.3. The van der Waals surface area contributed by atoms with Crippen molar-refractivity contribution in [2.24, 2.45) is 0 Å². The summed E-state index contributed by atoms with van der Waals surface area (Å²) >= 11 is 0. The third-order valence-electron chi connectivity index (χ3n) is 2.83. The molecule has 1 aromatic heterocycles. The third kappa shape index (κ3) is 3.32. The van der Waals surface area contributed by atoms with Gasteiger partial charge in [0.2, 0.25) is 0 Å². The first kappa shape index (κ1) is 14.4. The Bertz CT molecular complexity index is 655. The normalized spacial score (nSPS) is 13.1. The number of hydrogen-bond donors (Lipinski definition) is 0. The highest BCUT2D eigenvalue weighted by atomic mass is 32.2. The van der Waals surface area contributed by atoms with Crippen LogP contribution < -0.4 is 4.18 Å². The van der Waals surface area contributed by atoms with Crippen LogP contribution in [0.5, 0.6) is 5.75 Å². The molecule has 0 bridgehead atoms. The molecule has 0 aliphatic rings. The monoisotopic (exact) mass is 296 g/mol. The van der Waals surface area contributed by atoms with Gasteiger partial charge in [0.1, 0.15) is 12.1 Å². The molecular weight excluding hydrogens is 280 g/mol. The molecule has 1 heterocycles. The van der Waals surface area contributed by atoms with E-state index in [-0.39, 0.29) is 5.75 Å². The van der Waals surface area contributed by atoms with Crippen molar-refractivity contribution in [3.8, 4) is 11.4 Å². The predicted octanol–water partition coefficient (Wildman–Crippen LogP) is 1.56. The molecule has 20 heavy (non-hydrogen) atoms. The van der Waals surface area contributed by atoms with Crippen LogP contribution in [0.25, 0.3) is 5.69 Å². The van der Waals surface area contributed by atoms with Crippen molar-refractivity contribution in [3.05, 3.63) is 30.6 Å². The van der Waals surface area contributed by atoms with Gasteiger partial charge in [-0.15, -0.1) is 5.10 Å². The van der Waals surface area contributed by atoms with E-state index < -0.39 is 15.4 Å². The number of hydrogen-bond acceptors (Lipinski definition) is 6. The van der Waals surface area contributed by atoms with Crippen molar-refractivity contribution in [1.29, 1.82) is 0 Å². The first-order chi connectivity index (χ1) is 9.53. The lowest BCUT2D eigenvalue weighted by Gasteiger charge is -2.13. The maximum atomic E-state index is 12.0. The smallest absolute Gasteiger partial charge is 0.311 e. The molecule has 2 aromatic rings. The highest BCUT2D eigenvalue weighted by Gasteiger charge is 2.22. The number of nitrogens with zero attached hydrogens (tertiary/aromatic N) is 4. The molecule has 108 valence electrons. The van der Waals surface area contributed by atoms with E-state index in [1.54, 1.807) is 31.2 Å². The number of aromatic nitrogens is 4. The quantitative estimate of drug-likeness (QED) is 0.752.